The van der Waals surface area contributed by atoms with Gasteiger partial charge < -0.3 is 5.32 Å². The number of nitrogens with zero attached hydrogens (tertiary/aromatic N) is 3. The molecular weight excluding hydrogens is 300 g/mol. The summed E-state index contributed by atoms with van der Waals surface area (Å²) in [5, 5.41) is 12.4. The van der Waals surface area contributed by atoms with E-state index in [2.05, 4.69) is 26.6 Å². The summed E-state index contributed by atoms with van der Waals surface area (Å²) in [4.78, 5) is 4.12. The summed E-state index contributed by atoms with van der Waals surface area (Å²) >= 11 is 3.30. The summed E-state index contributed by atoms with van der Waals surface area (Å²) in [6.45, 7) is 0. The molecule has 1 N–H and O–H groups in total. The smallest absolute Gasteiger partial charge is 0.210 e. The van der Waals surface area contributed by atoms with Gasteiger partial charge in [0, 0.05) is 23.8 Å². The Hall–Kier alpha value is -1.92. The summed E-state index contributed by atoms with van der Waals surface area (Å²) < 4.78 is 0.984. The number of para-hydroxylation sites is 1. The van der Waals surface area contributed by atoms with Crippen molar-refractivity contribution in [1.29, 1.82) is 0 Å². The van der Waals surface area contributed by atoms with Crippen molar-refractivity contribution in [2.24, 2.45) is 0 Å². The van der Waals surface area contributed by atoms with Gasteiger partial charge in [-0.25, -0.2) is 0 Å². The molecule has 2 heterocycles. The molecule has 0 aliphatic carbocycles. The molecular formula is C15H14N4S2. The maximum absolute atomic E-state index is 4.20. The van der Waals surface area contributed by atoms with E-state index in [4.69, 9.17) is 0 Å². The van der Waals surface area contributed by atoms with Gasteiger partial charge in [0.2, 0.25) is 5.13 Å². The molecule has 0 amide bonds. The topological polar surface area (TPSA) is 50.7 Å². The van der Waals surface area contributed by atoms with Gasteiger partial charge in [0.05, 0.1) is 0 Å². The lowest BCUT2D eigenvalue weighted by molar-refractivity contribution is 1.01. The van der Waals surface area contributed by atoms with Crippen LogP contribution < -0.4 is 5.32 Å². The molecule has 0 spiro atoms. The highest BCUT2D eigenvalue weighted by molar-refractivity contribution is 8.01. The zero-order valence-corrected chi connectivity index (χ0v) is 12.9. The molecule has 0 aliphatic rings. The molecule has 0 unspecified atom stereocenters. The minimum atomic E-state index is 0.824. The van der Waals surface area contributed by atoms with Crippen molar-refractivity contribution in [2.45, 2.75) is 10.8 Å². The maximum atomic E-state index is 4.20. The molecule has 1 aromatic carbocycles. The SMILES string of the molecule is c1ccc(Nc2nnc(SCCc3cccnc3)s2)cc1. The van der Waals surface area contributed by atoms with Gasteiger partial charge in [-0.05, 0) is 30.2 Å². The van der Waals surface area contributed by atoms with Gasteiger partial charge in [-0.2, -0.15) is 0 Å². The minimum Gasteiger partial charge on any atom is -0.330 e. The lowest BCUT2D eigenvalue weighted by Gasteiger charge is -1.99. The molecule has 2 aromatic heterocycles. The van der Waals surface area contributed by atoms with Crippen LogP contribution in [0.2, 0.25) is 0 Å². The van der Waals surface area contributed by atoms with E-state index in [0.717, 1.165) is 27.3 Å². The lowest BCUT2D eigenvalue weighted by Crippen LogP contribution is -1.88. The summed E-state index contributed by atoms with van der Waals surface area (Å²) in [7, 11) is 0. The molecule has 0 fully saturated rings. The molecule has 6 heteroatoms. The van der Waals surface area contributed by atoms with Crippen LogP contribution >= 0.6 is 23.1 Å². The van der Waals surface area contributed by atoms with Crippen LogP contribution in [0.25, 0.3) is 0 Å². The van der Waals surface area contributed by atoms with Crippen LogP contribution in [-0.2, 0) is 6.42 Å². The number of hydrogen-bond acceptors (Lipinski definition) is 6. The first-order chi connectivity index (χ1) is 10.4. The summed E-state index contributed by atoms with van der Waals surface area (Å²) in [5.74, 6) is 0.978. The van der Waals surface area contributed by atoms with Gasteiger partial charge in [0.1, 0.15) is 0 Å². The van der Waals surface area contributed by atoms with Crippen molar-refractivity contribution in [3.8, 4) is 0 Å². The highest BCUT2D eigenvalue weighted by Crippen LogP contribution is 2.27. The van der Waals surface area contributed by atoms with Crippen LogP contribution in [0.1, 0.15) is 5.56 Å². The average molecular weight is 314 g/mol. The monoisotopic (exact) mass is 314 g/mol. The van der Waals surface area contributed by atoms with Gasteiger partial charge in [0.15, 0.2) is 4.34 Å². The van der Waals surface area contributed by atoms with Crippen molar-refractivity contribution < 1.29 is 0 Å². The van der Waals surface area contributed by atoms with E-state index < -0.39 is 0 Å². The Labute approximate surface area is 131 Å². The standard InChI is InChI=1S/C15H14N4S2/c1-2-6-13(7-3-1)17-14-18-19-15(21-14)20-10-8-12-5-4-9-16-11-12/h1-7,9,11H,8,10H2,(H,17,18). The summed E-state index contributed by atoms with van der Waals surface area (Å²) in [5.41, 5.74) is 2.28. The predicted molar refractivity (Wildman–Crippen MR) is 88.3 cm³/mol. The van der Waals surface area contributed by atoms with Gasteiger partial charge in [0.25, 0.3) is 0 Å². The number of benzene rings is 1. The highest BCUT2D eigenvalue weighted by atomic mass is 32.2. The minimum absolute atomic E-state index is 0.824. The zero-order chi connectivity index (χ0) is 14.3. The van der Waals surface area contributed by atoms with E-state index in [1.807, 2.05) is 42.6 Å². The number of nitrogens with one attached hydrogen (secondary N) is 1. The van der Waals surface area contributed by atoms with Gasteiger partial charge >= 0.3 is 0 Å². The Morgan fingerprint density at radius 3 is 2.76 bits per heavy atom. The number of hydrogen-bond donors (Lipinski definition) is 1. The molecule has 0 saturated carbocycles. The summed E-state index contributed by atoms with van der Waals surface area (Å²) in [6, 6.07) is 14.1. The van der Waals surface area contributed by atoms with Crippen LogP contribution in [0.5, 0.6) is 0 Å². The Balaban J connectivity index is 1.51. The van der Waals surface area contributed by atoms with Crippen molar-refractivity contribution in [3.05, 3.63) is 60.4 Å². The highest BCUT2D eigenvalue weighted by Gasteiger charge is 2.05. The quantitative estimate of drug-likeness (QED) is 0.697. The Morgan fingerprint density at radius 1 is 1.05 bits per heavy atom. The van der Waals surface area contributed by atoms with Crippen molar-refractivity contribution in [2.75, 3.05) is 11.1 Å². The molecule has 0 radical (unpaired) electrons. The molecule has 3 rings (SSSR count). The van der Waals surface area contributed by atoms with Crippen LogP contribution in [0.3, 0.4) is 0 Å². The van der Waals surface area contributed by atoms with Crippen LogP contribution in [-0.4, -0.2) is 20.9 Å². The third-order valence-corrected chi connectivity index (χ3v) is 4.74. The van der Waals surface area contributed by atoms with E-state index >= 15 is 0 Å². The van der Waals surface area contributed by atoms with Crippen LogP contribution in [0.15, 0.2) is 59.2 Å². The molecule has 0 bridgehead atoms. The first-order valence-corrected chi connectivity index (χ1v) is 8.38. The zero-order valence-electron chi connectivity index (χ0n) is 11.3. The maximum Gasteiger partial charge on any atom is 0.210 e. The predicted octanol–water partition coefficient (Wildman–Crippen LogP) is 4.01. The number of rotatable bonds is 6. The first kappa shape index (κ1) is 14.0. The fraction of sp³-hybridized carbons (Fsp3) is 0.133. The summed E-state index contributed by atoms with van der Waals surface area (Å²) in [6.07, 6.45) is 4.69. The molecule has 4 nitrogen and oxygen atoms in total. The van der Waals surface area contributed by atoms with Crippen LogP contribution in [0, 0.1) is 0 Å². The van der Waals surface area contributed by atoms with Crippen LogP contribution in [0.4, 0.5) is 10.8 Å². The number of anilines is 2. The van der Waals surface area contributed by atoms with Crippen molar-refractivity contribution >= 4 is 33.9 Å². The number of thioether (sulfide) groups is 1. The van der Waals surface area contributed by atoms with E-state index in [1.165, 1.54) is 5.56 Å². The molecule has 0 aliphatic heterocycles. The molecule has 0 saturated heterocycles. The fourth-order valence-electron chi connectivity index (χ4n) is 1.77. The Bertz CT molecular complexity index is 670. The third-order valence-electron chi connectivity index (χ3n) is 2.77. The first-order valence-electron chi connectivity index (χ1n) is 6.57. The van der Waals surface area contributed by atoms with E-state index in [9.17, 15) is 0 Å². The number of pyridine rings is 1. The average Bonchev–Trinajstić information content (AvgIpc) is 2.97. The van der Waals surface area contributed by atoms with Gasteiger partial charge in [-0.1, -0.05) is 47.4 Å². The third kappa shape index (κ3) is 4.27. The van der Waals surface area contributed by atoms with Crippen molar-refractivity contribution in [3.63, 3.8) is 0 Å². The number of aromatic nitrogens is 3. The molecule has 3 aromatic rings. The second-order valence-electron chi connectivity index (χ2n) is 4.32. The van der Waals surface area contributed by atoms with Crippen molar-refractivity contribution in [1.82, 2.24) is 15.2 Å². The fourth-order valence-corrected chi connectivity index (χ4v) is 3.60. The van der Waals surface area contributed by atoms with E-state index in [0.29, 0.717) is 0 Å². The normalized spacial score (nSPS) is 10.5. The second kappa shape index (κ2) is 7.19. The Kier molecular flexibility index (Phi) is 4.81. The molecule has 106 valence electrons. The number of aryl methyl sites for hydroxylation is 1. The van der Waals surface area contributed by atoms with E-state index in [-0.39, 0.29) is 0 Å². The van der Waals surface area contributed by atoms with Gasteiger partial charge in [-0.15, -0.1) is 10.2 Å². The van der Waals surface area contributed by atoms with Gasteiger partial charge in [-0.3, -0.25) is 4.98 Å². The van der Waals surface area contributed by atoms with E-state index in [1.54, 1.807) is 29.3 Å². The second-order valence-corrected chi connectivity index (χ2v) is 6.64. The molecule has 21 heavy (non-hydrogen) atoms. The largest absolute Gasteiger partial charge is 0.330 e. The lowest BCUT2D eigenvalue weighted by atomic mass is 10.2. The molecule has 0 atom stereocenters. The Morgan fingerprint density at radius 2 is 1.95 bits per heavy atom.